The van der Waals surface area contributed by atoms with Crippen molar-refractivity contribution in [3.63, 3.8) is 0 Å². The Morgan fingerprint density at radius 2 is 0.454 bits per heavy atom. The largest absolute Gasteiger partial charge is 0.459 e. The molecule has 24 atom stereocenters. The Morgan fingerprint density at radius 1 is 0.277 bits per heavy atom. The van der Waals surface area contributed by atoms with Gasteiger partial charge in [0.2, 0.25) is 0 Å². The summed E-state index contributed by atoms with van der Waals surface area (Å²) in [5.74, 6) is -0.627. The number of hydrogen-bond acceptors (Lipinski definition) is 24. The van der Waals surface area contributed by atoms with E-state index in [0.29, 0.717) is 111 Å². The van der Waals surface area contributed by atoms with Crippen LogP contribution in [-0.4, -0.2) is 206 Å². The molecule has 12 rings (SSSR count). The fourth-order valence-electron chi connectivity index (χ4n) is 19.1. The minimum absolute atomic E-state index is 0. The fourth-order valence-corrected chi connectivity index (χ4v) is 27.1. The second-order valence-corrected chi connectivity index (χ2v) is 47.5. The van der Waals surface area contributed by atoms with Gasteiger partial charge < -0.3 is 80.2 Å². The van der Waals surface area contributed by atoms with E-state index in [2.05, 4.69) is 0 Å². The van der Waals surface area contributed by atoms with Crippen molar-refractivity contribution >= 4 is 208 Å². The Morgan fingerprint density at radius 3 is 0.624 bits per heavy atom. The van der Waals surface area contributed by atoms with Gasteiger partial charge in [-0.2, -0.15) is 0 Å². The average Bonchev–Trinajstić information content (AvgIpc) is 1.68. The van der Waals surface area contributed by atoms with Crippen LogP contribution in [0, 0.1) is 47.3 Å². The van der Waals surface area contributed by atoms with E-state index < -0.39 is 97.1 Å². The summed E-state index contributed by atoms with van der Waals surface area (Å²) in [4.78, 5) is 55.2. The van der Waals surface area contributed by atoms with Crippen molar-refractivity contribution in [2.75, 3.05) is 26.4 Å². The molecular weight excluding hydrogens is 2130 g/mol. The number of hydrogen-bond donors (Lipinski definition) is 12. The van der Waals surface area contributed by atoms with Crippen molar-refractivity contribution in [2.45, 2.75) is 310 Å². The number of halogens is 12. The molecule has 8 aromatic rings. The summed E-state index contributed by atoms with van der Waals surface area (Å²) >= 11 is 80.9. The molecule has 784 valence electrons. The van der Waals surface area contributed by atoms with Crippen LogP contribution in [0.1, 0.15) is 244 Å². The lowest BCUT2D eigenvalue weighted by molar-refractivity contribution is -0.0281. The minimum Gasteiger partial charge on any atom is -0.459 e. The molecule has 4 aromatic heterocycles. The maximum absolute atomic E-state index is 12.2. The lowest BCUT2D eigenvalue weighted by atomic mass is 9.85. The summed E-state index contributed by atoms with van der Waals surface area (Å²) in [5.41, 5.74) is 4.23. The summed E-state index contributed by atoms with van der Waals surface area (Å²) in [6.07, 6.45) is 11.1. The Labute approximate surface area is 905 Å². The van der Waals surface area contributed by atoms with Crippen LogP contribution in [-0.2, 0) is 70.3 Å². The van der Waals surface area contributed by atoms with Gasteiger partial charge >= 0.3 is 23.9 Å². The van der Waals surface area contributed by atoms with Crippen LogP contribution in [0.2, 0.25) is 40.2 Å². The molecule has 4 saturated carbocycles. The van der Waals surface area contributed by atoms with Crippen LogP contribution < -0.4 is 0 Å². The van der Waals surface area contributed by atoms with Crippen LogP contribution in [0.25, 0.3) is 0 Å². The third kappa shape index (κ3) is 40.0. The van der Waals surface area contributed by atoms with Crippen molar-refractivity contribution < 1.29 is 99.4 Å². The van der Waals surface area contributed by atoms with Gasteiger partial charge in [-0.1, -0.05) is 128 Å². The molecule has 0 bridgehead atoms. The van der Waals surface area contributed by atoms with E-state index in [-0.39, 0.29) is 103 Å². The number of carbonyl (C=O) groups is 4. The molecule has 4 heterocycles. The number of aliphatic hydroxyl groups is 12. The van der Waals surface area contributed by atoms with E-state index in [1.54, 1.807) is 76.2 Å². The fraction of sp³-hybridized carbons (Fsp3) is 0.581. The average molecular weight is 2270 g/mol. The molecule has 4 aromatic carbocycles. The summed E-state index contributed by atoms with van der Waals surface area (Å²) in [6.45, 7) is 6.07. The first-order valence-electron chi connectivity index (χ1n) is 48.3. The van der Waals surface area contributed by atoms with Gasteiger partial charge in [0.25, 0.3) is 0 Å². The number of aryl methyl sites for hydroxylation is 8. The zero-order valence-corrected chi connectivity index (χ0v) is 91.2. The van der Waals surface area contributed by atoms with E-state index in [0.717, 1.165) is 170 Å². The van der Waals surface area contributed by atoms with Gasteiger partial charge in [0.05, 0.1) is 48.8 Å². The van der Waals surface area contributed by atoms with Crippen LogP contribution in [0.4, 0.5) is 0 Å². The Balaban J connectivity index is 0.000000230. The molecule has 0 unspecified atom stereocenters. The van der Waals surface area contributed by atoms with Crippen LogP contribution >= 0.6 is 185 Å². The molecule has 4 aliphatic rings. The molecule has 0 saturated heterocycles. The lowest BCUT2D eigenvalue weighted by Gasteiger charge is -2.23. The number of esters is 4. The first kappa shape index (κ1) is 123. The molecule has 36 heteroatoms. The lowest BCUT2D eigenvalue weighted by Crippen LogP contribution is -2.30. The normalized spacial score (nSPS) is 23.7. The molecule has 141 heavy (non-hydrogen) atoms. The monoisotopic (exact) mass is 2260 g/mol. The third-order valence-electron chi connectivity index (χ3n) is 26.9. The quantitative estimate of drug-likeness (QED) is 0.00957. The van der Waals surface area contributed by atoms with Crippen LogP contribution in [0.5, 0.6) is 0 Å². The number of ether oxygens (including phenoxy) is 4. The van der Waals surface area contributed by atoms with Crippen LogP contribution in [0.15, 0.2) is 121 Å². The van der Waals surface area contributed by atoms with Gasteiger partial charge in [-0.25, -0.2) is 19.2 Å². The number of rotatable bonds is 48. The zero-order valence-electron chi connectivity index (χ0n) is 78.8. The summed E-state index contributed by atoms with van der Waals surface area (Å²) in [5, 5.41) is 125. The minimum atomic E-state index is -1.09. The van der Waals surface area contributed by atoms with Crippen molar-refractivity contribution in [3.8, 4) is 0 Å². The van der Waals surface area contributed by atoms with E-state index in [1.807, 2.05) is 72.8 Å². The van der Waals surface area contributed by atoms with E-state index in [4.69, 9.17) is 158 Å². The number of thiophene rings is 4. The first-order chi connectivity index (χ1) is 66.7. The Bertz CT molecular complexity index is 4410. The molecule has 0 spiro atoms. The molecule has 0 radical (unpaired) electrons. The van der Waals surface area contributed by atoms with Gasteiger partial charge in [-0.3, -0.25) is 0 Å². The van der Waals surface area contributed by atoms with E-state index in [9.17, 15) is 80.5 Å². The number of benzene rings is 4. The molecule has 12 N–H and O–H groups in total. The zero-order chi connectivity index (χ0) is 102. The van der Waals surface area contributed by atoms with E-state index in [1.165, 1.54) is 45.3 Å². The standard InChI is InChI=1S/4C26H33Cl3O5S.CH4/c4*1-2-22(30)24(32)14-34-26(33)25-9-7-18(35-25)4-3-5-19-20(23(31)13-21(19)29)8-6-15-10-16(27)12-17(28)11-15;/h4*7,9-12,19-24,30-32H,2-6,8,13-14H2,1H3;1H4/t19-,20-,21-,22+,23-,24+;19-,20-,21-,22+,23-,24-;19-,20-,21-,22-,23-,24+;19-,20-,21-,22-,23-,24-;/m1111./s1. The molecule has 20 nitrogen and oxygen atoms in total. The van der Waals surface area contributed by atoms with Crippen molar-refractivity contribution in [3.05, 3.63) is 223 Å². The predicted molar refractivity (Wildman–Crippen MR) is 574 cm³/mol. The number of carbonyl (C=O) groups excluding carboxylic acids is 4. The predicted octanol–water partition coefficient (Wildman–Crippen LogP) is 24.2. The van der Waals surface area contributed by atoms with E-state index >= 15 is 0 Å². The van der Waals surface area contributed by atoms with Crippen LogP contribution in [0.3, 0.4) is 0 Å². The highest BCUT2D eigenvalue weighted by molar-refractivity contribution is 7.15. The highest BCUT2D eigenvalue weighted by Gasteiger charge is 2.45. The van der Waals surface area contributed by atoms with Gasteiger partial charge in [-0.05, 0) is 371 Å². The molecule has 4 aliphatic carbocycles. The highest BCUT2D eigenvalue weighted by atomic mass is 35.5. The molecule has 4 fully saturated rings. The molecule has 0 aliphatic heterocycles. The van der Waals surface area contributed by atoms with Crippen molar-refractivity contribution in [1.82, 2.24) is 0 Å². The third-order valence-corrected chi connectivity index (χ3v) is 35.2. The Kier molecular flexibility index (Phi) is 54.3. The van der Waals surface area contributed by atoms with Gasteiger partial charge in [0, 0.05) is 81.2 Å². The highest BCUT2D eigenvalue weighted by Crippen LogP contribution is 2.47. The molecular formula is C105H136Cl12O20S4. The van der Waals surface area contributed by atoms with Crippen molar-refractivity contribution in [1.29, 1.82) is 0 Å². The maximum atomic E-state index is 12.2. The summed E-state index contributed by atoms with van der Waals surface area (Å²) in [7, 11) is 0. The van der Waals surface area contributed by atoms with Gasteiger partial charge in [-0.15, -0.1) is 91.8 Å². The second-order valence-electron chi connectivity index (χ2n) is 37.1. The Hall–Kier alpha value is -3.44. The SMILES string of the molecule is C.CC[C@@H](O)[C@@H](O)COC(=O)c1ccc(CCC[C@@H]2[C@@H](CCc3cc(Cl)cc(Cl)c3)[C@H](O)C[C@H]2Cl)s1.CC[C@@H](O)[C@H](O)COC(=O)c1ccc(CCC[C@@H]2[C@@H](CCc3cc(Cl)cc(Cl)c3)[C@H](O)C[C@H]2Cl)s1.CC[C@H](O)[C@@H](O)COC(=O)c1ccc(CCC[C@@H]2[C@@H](CCc3cc(Cl)cc(Cl)c3)[C@H](O)C[C@H]2Cl)s1.CC[C@H](O)[C@H](O)COC(=O)c1ccc(CCC[C@@H]2[C@@H](CCc3cc(Cl)cc(Cl)c3)[C@H](O)C[C@H]2Cl)s1. The number of alkyl halides is 4. The van der Waals surface area contributed by atoms with Crippen molar-refractivity contribution in [2.24, 2.45) is 47.3 Å². The maximum Gasteiger partial charge on any atom is 0.348 e. The van der Waals surface area contributed by atoms with Gasteiger partial charge in [0.15, 0.2) is 0 Å². The summed E-state index contributed by atoms with van der Waals surface area (Å²) < 4.78 is 20.5. The summed E-state index contributed by atoms with van der Waals surface area (Å²) in [6, 6.07) is 36.7. The molecule has 0 amide bonds. The number of aliphatic hydroxyl groups excluding tert-OH is 12. The first-order valence-corrected chi connectivity index (χ1v) is 56.3. The topological polar surface area (TPSA) is 348 Å². The second kappa shape index (κ2) is 62.4. The van der Waals surface area contributed by atoms with Gasteiger partial charge in [0.1, 0.15) is 70.4 Å². The smallest absolute Gasteiger partial charge is 0.348 e.